The summed E-state index contributed by atoms with van der Waals surface area (Å²) in [4.78, 5) is 19.2. The van der Waals surface area contributed by atoms with Crippen LogP contribution >= 0.6 is 11.3 Å². The maximum atomic E-state index is 12.6. The third kappa shape index (κ3) is 2.33. The molecule has 1 fully saturated rings. The molecule has 0 bridgehead atoms. The molecule has 1 atom stereocenters. The van der Waals surface area contributed by atoms with E-state index in [9.17, 15) is 4.79 Å². The second-order valence-corrected chi connectivity index (χ2v) is 6.44. The third-order valence-electron chi connectivity index (χ3n) is 3.97. The molecule has 1 saturated heterocycles. The van der Waals surface area contributed by atoms with Gasteiger partial charge in [0.05, 0.1) is 16.3 Å². The molecule has 1 aromatic carbocycles. The monoisotopic (exact) mass is 316 g/mol. The Kier molecular flexibility index (Phi) is 3.46. The van der Waals surface area contributed by atoms with E-state index in [0.29, 0.717) is 19.0 Å². The van der Waals surface area contributed by atoms with E-state index in [4.69, 9.17) is 14.5 Å². The summed E-state index contributed by atoms with van der Waals surface area (Å²) in [5.41, 5.74) is 0.998. The van der Waals surface area contributed by atoms with Crippen LogP contribution in [0.25, 0.3) is 10.2 Å². The van der Waals surface area contributed by atoms with E-state index in [2.05, 4.69) is 6.07 Å². The van der Waals surface area contributed by atoms with Gasteiger partial charge in [0.25, 0.3) is 5.91 Å². The molecule has 2 aliphatic heterocycles. The Balaban J connectivity index is 1.62. The maximum Gasteiger partial charge on any atom is 0.292 e. The van der Waals surface area contributed by atoms with Crippen molar-refractivity contribution in [3.63, 3.8) is 0 Å². The highest BCUT2D eigenvalue weighted by atomic mass is 32.1. The van der Waals surface area contributed by atoms with Crippen LogP contribution in [0.1, 0.15) is 23.9 Å². The van der Waals surface area contributed by atoms with E-state index in [0.717, 1.165) is 34.6 Å². The summed E-state index contributed by atoms with van der Waals surface area (Å²) in [5.74, 6) is 0.209. The van der Waals surface area contributed by atoms with Crippen LogP contribution in [0.3, 0.4) is 0 Å². The molecule has 0 saturated carbocycles. The zero-order valence-corrected chi connectivity index (χ0v) is 12.8. The van der Waals surface area contributed by atoms with Gasteiger partial charge in [0.2, 0.25) is 5.76 Å². The number of aromatic nitrogens is 1. The first kappa shape index (κ1) is 13.6. The first-order valence-corrected chi connectivity index (χ1v) is 8.25. The number of likely N-dealkylation sites (tertiary alicyclic amines) is 1. The van der Waals surface area contributed by atoms with Crippen molar-refractivity contribution in [1.29, 1.82) is 0 Å². The Morgan fingerprint density at radius 1 is 1.32 bits per heavy atom. The fourth-order valence-corrected chi connectivity index (χ4v) is 4.04. The SMILES string of the molecule is O=C(C1=COCCO1)N1CCCC1c1nc2ccccc2s1. The normalized spacial score (nSPS) is 21.4. The standard InChI is InChI=1S/C16H16N2O3S/c19-16(13-10-20-8-9-21-13)18-7-3-5-12(18)15-17-11-4-1-2-6-14(11)22-15/h1-2,4,6,10,12H,3,5,7-9H2. The molecule has 3 heterocycles. The Bertz CT molecular complexity index is 707. The number of para-hydroxylation sites is 1. The van der Waals surface area contributed by atoms with Gasteiger partial charge >= 0.3 is 0 Å². The molecule has 1 aromatic heterocycles. The number of nitrogens with zero attached hydrogens (tertiary/aromatic N) is 2. The van der Waals surface area contributed by atoms with Gasteiger partial charge in [-0.25, -0.2) is 4.98 Å². The van der Waals surface area contributed by atoms with Crippen molar-refractivity contribution in [1.82, 2.24) is 9.88 Å². The van der Waals surface area contributed by atoms with E-state index in [1.54, 1.807) is 11.3 Å². The van der Waals surface area contributed by atoms with Crippen LogP contribution in [0.5, 0.6) is 0 Å². The average Bonchev–Trinajstić information content (AvgIpc) is 3.21. The Morgan fingerprint density at radius 2 is 2.23 bits per heavy atom. The number of hydrogen-bond donors (Lipinski definition) is 0. The largest absolute Gasteiger partial charge is 0.494 e. The predicted molar refractivity (Wildman–Crippen MR) is 83.3 cm³/mol. The molecule has 0 spiro atoms. The number of amides is 1. The van der Waals surface area contributed by atoms with Gasteiger partial charge in [-0.15, -0.1) is 11.3 Å². The lowest BCUT2D eigenvalue weighted by Crippen LogP contribution is -2.33. The summed E-state index contributed by atoms with van der Waals surface area (Å²) in [6.07, 6.45) is 3.36. The van der Waals surface area contributed by atoms with Crippen molar-refractivity contribution >= 4 is 27.5 Å². The first-order valence-electron chi connectivity index (χ1n) is 7.44. The maximum absolute atomic E-state index is 12.6. The summed E-state index contributed by atoms with van der Waals surface area (Å²) in [6, 6.07) is 8.12. The minimum Gasteiger partial charge on any atom is -0.494 e. The van der Waals surface area contributed by atoms with Gasteiger partial charge in [-0.1, -0.05) is 12.1 Å². The number of rotatable bonds is 2. The van der Waals surface area contributed by atoms with Gasteiger partial charge in [0.1, 0.15) is 24.5 Å². The quantitative estimate of drug-likeness (QED) is 0.855. The van der Waals surface area contributed by atoms with Crippen LogP contribution in [0.4, 0.5) is 0 Å². The van der Waals surface area contributed by atoms with Crippen molar-refractivity contribution in [2.75, 3.05) is 19.8 Å². The number of fused-ring (bicyclic) bond motifs is 1. The molecule has 1 unspecified atom stereocenters. The van der Waals surface area contributed by atoms with Crippen molar-refractivity contribution < 1.29 is 14.3 Å². The third-order valence-corrected chi connectivity index (χ3v) is 5.11. The molecule has 0 N–H and O–H groups in total. The molecule has 1 amide bonds. The first-order chi connectivity index (χ1) is 10.8. The van der Waals surface area contributed by atoms with Crippen LogP contribution in [0.15, 0.2) is 36.3 Å². The highest BCUT2D eigenvalue weighted by Crippen LogP contribution is 2.37. The van der Waals surface area contributed by atoms with Crippen LogP contribution in [0.2, 0.25) is 0 Å². The molecule has 22 heavy (non-hydrogen) atoms. The molecular formula is C16H16N2O3S. The highest BCUT2D eigenvalue weighted by molar-refractivity contribution is 7.18. The van der Waals surface area contributed by atoms with Gasteiger partial charge in [-0.05, 0) is 25.0 Å². The predicted octanol–water partition coefficient (Wildman–Crippen LogP) is 2.85. The molecule has 114 valence electrons. The van der Waals surface area contributed by atoms with Gasteiger partial charge in [-0.2, -0.15) is 0 Å². The smallest absolute Gasteiger partial charge is 0.292 e. The Hall–Kier alpha value is -2.08. The van der Waals surface area contributed by atoms with E-state index in [1.165, 1.54) is 6.26 Å². The van der Waals surface area contributed by atoms with Gasteiger partial charge < -0.3 is 14.4 Å². The number of thiazole rings is 1. The lowest BCUT2D eigenvalue weighted by molar-refractivity contribution is -0.133. The topological polar surface area (TPSA) is 51.7 Å². The zero-order valence-electron chi connectivity index (χ0n) is 12.0. The molecule has 5 nitrogen and oxygen atoms in total. The van der Waals surface area contributed by atoms with Crippen molar-refractivity contribution in [2.24, 2.45) is 0 Å². The lowest BCUT2D eigenvalue weighted by Gasteiger charge is -2.25. The minimum absolute atomic E-state index is 0.0383. The van der Waals surface area contributed by atoms with Gasteiger partial charge in [-0.3, -0.25) is 4.79 Å². The number of carbonyl (C=O) groups is 1. The zero-order chi connectivity index (χ0) is 14.9. The molecular weight excluding hydrogens is 300 g/mol. The molecule has 0 radical (unpaired) electrons. The number of benzene rings is 1. The molecule has 2 aromatic rings. The molecule has 2 aliphatic rings. The summed E-state index contributed by atoms with van der Waals surface area (Å²) in [6.45, 7) is 1.66. The van der Waals surface area contributed by atoms with Crippen LogP contribution < -0.4 is 0 Å². The van der Waals surface area contributed by atoms with Crippen molar-refractivity contribution in [2.45, 2.75) is 18.9 Å². The second-order valence-electron chi connectivity index (χ2n) is 5.38. The fourth-order valence-electron chi connectivity index (χ4n) is 2.92. The van der Waals surface area contributed by atoms with Crippen LogP contribution in [-0.4, -0.2) is 35.5 Å². The van der Waals surface area contributed by atoms with E-state index in [1.807, 2.05) is 23.1 Å². The summed E-state index contributed by atoms with van der Waals surface area (Å²) < 4.78 is 11.8. The molecule has 4 rings (SSSR count). The fraction of sp³-hybridized carbons (Fsp3) is 0.375. The van der Waals surface area contributed by atoms with Crippen molar-refractivity contribution in [3.05, 3.63) is 41.3 Å². The lowest BCUT2D eigenvalue weighted by atomic mass is 10.2. The van der Waals surface area contributed by atoms with Gasteiger partial charge in [0, 0.05) is 6.54 Å². The molecule has 0 aliphatic carbocycles. The summed E-state index contributed by atoms with van der Waals surface area (Å²) in [5, 5.41) is 1.00. The number of carbonyl (C=O) groups excluding carboxylic acids is 1. The number of ether oxygens (including phenoxy) is 2. The van der Waals surface area contributed by atoms with Crippen LogP contribution in [0, 0.1) is 0 Å². The van der Waals surface area contributed by atoms with E-state index < -0.39 is 0 Å². The van der Waals surface area contributed by atoms with E-state index >= 15 is 0 Å². The highest BCUT2D eigenvalue weighted by Gasteiger charge is 2.35. The van der Waals surface area contributed by atoms with Crippen LogP contribution in [-0.2, 0) is 14.3 Å². The average molecular weight is 316 g/mol. The Labute approximate surface area is 132 Å². The number of hydrogen-bond acceptors (Lipinski definition) is 5. The summed E-state index contributed by atoms with van der Waals surface area (Å²) in [7, 11) is 0. The Morgan fingerprint density at radius 3 is 3.05 bits per heavy atom. The second kappa shape index (κ2) is 5.61. The summed E-state index contributed by atoms with van der Waals surface area (Å²) >= 11 is 1.67. The van der Waals surface area contributed by atoms with Gasteiger partial charge in [0.15, 0.2) is 0 Å². The minimum atomic E-state index is -0.0959. The van der Waals surface area contributed by atoms with Crippen molar-refractivity contribution in [3.8, 4) is 0 Å². The molecule has 6 heteroatoms. The van der Waals surface area contributed by atoms with E-state index in [-0.39, 0.29) is 11.9 Å².